The highest BCUT2D eigenvalue weighted by molar-refractivity contribution is 6.55. The summed E-state index contributed by atoms with van der Waals surface area (Å²) in [5, 5.41) is 8.89. The third-order valence-electron chi connectivity index (χ3n) is 0.707. The molecule has 0 N–H and O–H groups in total. The molecule has 0 aliphatic heterocycles. The third-order valence-corrected chi connectivity index (χ3v) is 2.12. The Labute approximate surface area is 58.5 Å². The standard InChI is InChI=1S/C4H11Si.C2H4O2/c1-4-5(2)3;1-2(3)4/h4H2,1-3H3;1H3,(H,3,4)/q+1;/p-1. The van der Waals surface area contributed by atoms with Crippen molar-refractivity contribution >= 4 is 14.8 Å². The van der Waals surface area contributed by atoms with Crippen molar-refractivity contribution < 1.29 is 9.90 Å². The van der Waals surface area contributed by atoms with Gasteiger partial charge in [0.1, 0.15) is 0 Å². The molecular formula is C6H14O2Si. The van der Waals surface area contributed by atoms with Crippen molar-refractivity contribution in [3.63, 3.8) is 0 Å². The van der Waals surface area contributed by atoms with E-state index in [0.29, 0.717) is 0 Å². The fourth-order valence-electron chi connectivity index (χ4n) is 0. The Balaban J connectivity index is 0. The van der Waals surface area contributed by atoms with Crippen molar-refractivity contribution in [2.24, 2.45) is 0 Å². The van der Waals surface area contributed by atoms with Gasteiger partial charge in [-0.15, -0.1) is 0 Å². The predicted octanol–water partition coefficient (Wildman–Crippen LogP) is 0.517. The van der Waals surface area contributed by atoms with E-state index in [-0.39, 0.29) is 8.80 Å². The zero-order chi connectivity index (χ0) is 7.86. The smallest absolute Gasteiger partial charge is 0.307 e. The Kier molecular flexibility index (Phi) is 9.80. The lowest BCUT2D eigenvalue weighted by Crippen LogP contribution is -2.16. The van der Waals surface area contributed by atoms with Crippen LogP contribution in [0.2, 0.25) is 19.1 Å². The first-order chi connectivity index (χ1) is 4.00. The Bertz CT molecular complexity index is 67.5. The molecule has 0 saturated heterocycles. The summed E-state index contributed by atoms with van der Waals surface area (Å²) in [5.41, 5.74) is 0. The minimum Gasteiger partial charge on any atom is -0.550 e. The topological polar surface area (TPSA) is 40.1 Å². The fourth-order valence-corrected chi connectivity index (χ4v) is 0. The van der Waals surface area contributed by atoms with E-state index in [4.69, 9.17) is 9.90 Å². The minimum absolute atomic E-state index is 0.126. The third kappa shape index (κ3) is 87.4. The fraction of sp³-hybridized carbons (Fsp3) is 0.833. The number of carboxylic acids is 1. The number of carboxylic acid groups (broad SMARTS) is 1. The highest BCUT2D eigenvalue weighted by Gasteiger charge is 2.02. The zero-order valence-corrected chi connectivity index (χ0v) is 7.52. The van der Waals surface area contributed by atoms with E-state index in [1.807, 2.05) is 0 Å². The molecule has 0 spiro atoms. The van der Waals surface area contributed by atoms with Gasteiger partial charge in [0.25, 0.3) is 0 Å². The number of aliphatic carboxylic acids is 1. The molecule has 0 aromatic rings. The lowest BCUT2D eigenvalue weighted by atomic mass is 10.9. The van der Waals surface area contributed by atoms with Crippen LogP contribution in [0.3, 0.4) is 0 Å². The second-order valence-corrected chi connectivity index (χ2v) is 5.17. The molecule has 0 rings (SSSR count). The van der Waals surface area contributed by atoms with E-state index < -0.39 is 5.97 Å². The molecule has 0 aliphatic rings. The normalized spacial score (nSPS) is 7.11. The number of rotatable bonds is 1. The molecule has 0 bridgehead atoms. The van der Waals surface area contributed by atoms with Crippen molar-refractivity contribution in [3.05, 3.63) is 0 Å². The largest absolute Gasteiger partial charge is 0.550 e. The molecule has 0 fully saturated rings. The molecule has 9 heavy (non-hydrogen) atoms. The van der Waals surface area contributed by atoms with Crippen molar-refractivity contribution in [1.29, 1.82) is 0 Å². The van der Waals surface area contributed by atoms with Crippen LogP contribution < -0.4 is 5.11 Å². The van der Waals surface area contributed by atoms with Crippen molar-refractivity contribution in [2.75, 3.05) is 0 Å². The lowest BCUT2D eigenvalue weighted by Gasteiger charge is -1.77. The number of hydrogen-bond acceptors (Lipinski definition) is 2. The highest BCUT2D eigenvalue weighted by atomic mass is 28.3. The SMILES string of the molecule is CC(=O)[O-].CC[Si+](C)C. The first-order valence-corrected chi connectivity index (χ1v) is 5.68. The molecule has 0 radical (unpaired) electrons. The van der Waals surface area contributed by atoms with Gasteiger partial charge >= 0.3 is 8.80 Å². The summed E-state index contributed by atoms with van der Waals surface area (Å²) in [7, 11) is 0.126. The molecule has 0 aromatic heterocycles. The van der Waals surface area contributed by atoms with Crippen LogP contribution in [0.25, 0.3) is 0 Å². The van der Waals surface area contributed by atoms with Crippen LogP contribution in [0.4, 0.5) is 0 Å². The van der Waals surface area contributed by atoms with Gasteiger partial charge in [-0.05, 0) is 13.8 Å². The maximum Gasteiger partial charge on any atom is 0.307 e. The summed E-state index contributed by atoms with van der Waals surface area (Å²) in [6.45, 7) is 7.86. The van der Waals surface area contributed by atoms with E-state index in [0.717, 1.165) is 6.92 Å². The molecular weight excluding hydrogens is 132 g/mol. The first-order valence-electron chi connectivity index (χ1n) is 2.97. The monoisotopic (exact) mass is 146 g/mol. The minimum atomic E-state index is -1.08. The van der Waals surface area contributed by atoms with Crippen LogP contribution in [-0.2, 0) is 4.79 Å². The van der Waals surface area contributed by atoms with Crippen molar-refractivity contribution in [2.45, 2.75) is 33.0 Å². The van der Waals surface area contributed by atoms with E-state index in [1.54, 1.807) is 0 Å². The van der Waals surface area contributed by atoms with Crippen LogP contribution in [0.5, 0.6) is 0 Å². The molecule has 0 amide bonds. The van der Waals surface area contributed by atoms with Crippen molar-refractivity contribution in [1.82, 2.24) is 0 Å². The summed E-state index contributed by atoms with van der Waals surface area (Å²) < 4.78 is 0. The Morgan fingerprint density at radius 3 is 1.67 bits per heavy atom. The average molecular weight is 146 g/mol. The Hall–Kier alpha value is -0.313. The van der Waals surface area contributed by atoms with Gasteiger partial charge in [0, 0.05) is 5.97 Å². The van der Waals surface area contributed by atoms with Crippen LogP contribution in [0, 0.1) is 0 Å². The van der Waals surface area contributed by atoms with Gasteiger partial charge in [-0.25, -0.2) is 0 Å². The number of hydrogen-bond donors (Lipinski definition) is 0. The molecule has 0 heterocycles. The number of carbonyl (C=O) groups is 1. The second kappa shape index (κ2) is 7.69. The van der Waals surface area contributed by atoms with E-state index >= 15 is 0 Å². The van der Waals surface area contributed by atoms with Gasteiger partial charge in [-0.3, -0.25) is 0 Å². The molecule has 3 heteroatoms. The van der Waals surface area contributed by atoms with Crippen LogP contribution in [0.15, 0.2) is 0 Å². The maximum absolute atomic E-state index is 8.89. The highest BCUT2D eigenvalue weighted by Crippen LogP contribution is 1.83. The summed E-state index contributed by atoms with van der Waals surface area (Å²) in [5.74, 6) is -1.08. The summed E-state index contributed by atoms with van der Waals surface area (Å²) in [6.07, 6.45) is 0. The van der Waals surface area contributed by atoms with Gasteiger partial charge in [-0.1, -0.05) is 0 Å². The Morgan fingerprint density at radius 1 is 1.56 bits per heavy atom. The van der Waals surface area contributed by atoms with Gasteiger partial charge in [-0.2, -0.15) is 0 Å². The van der Waals surface area contributed by atoms with Gasteiger partial charge in [0.2, 0.25) is 0 Å². The van der Waals surface area contributed by atoms with E-state index in [9.17, 15) is 0 Å². The summed E-state index contributed by atoms with van der Waals surface area (Å²) in [6, 6.07) is 1.41. The molecule has 0 aliphatic carbocycles. The molecule has 54 valence electrons. The first kappa shape index (κ1) is 11.5. The van der Waals surface area contributed by atoms with Gasteiger partial charge in [0.05, 0.1) is 19.1 Å². The molecule has 0 atom stereocenters. The lowest BCUT2D eigenvalue weighted by molar-refractivity contribution is -0.302. The van der Waals surface area contributed by atoms with Crippen LogP contribution in [-0.4, -0.2) is 14.8 Å². The predicted molar refractivity (Wildman–Crippen MR) is 38.6 cm³/mol. The van der Waals surface area contributed by atoms with Gasteiger partial charge in [0.15, 0.2) is 0 Å². The maximum atomic E-state index is 8.89. The van der Waals surface area contributed by atoms with E-state index in [2.05, 4.69) is 20.0 Å². The quantitative estimate of drug-likeness (QED) is 0.506. The average Bonchev–Trinajstić information content (AvgIpc) is 1.65. The summed E-state index contributed by atoms with van der Waals surface area (Å²) >= 11 is 0. The Morgan fingerprint density at radius 2 is 1.67 bits per heavy atom. The van der Waals surface area contributed by atoms with Crippen molar-refractivity contribution in [3.8, 4) is 0 Å². The molecule has 0 saturated carbocycles. The van der Waals surface area contributed by atoms with Gasteiger partial charge < -0.3 is 9.90 Å². The zero-order valence-electron chi connectivity index (χ0n) is 6.52. The molecule has 0 unspecified atom stereocenters. The van der Waals surface area contributed by atoms with E-state index in [1.165, 1.54) is 6.04 Å². The van der Waals surface area contributed by atoms with Crippen LogP contribution in [0.1, 0.15) is 13.8 Å². The second-order valence-electron chi connectivity index (χ2n) is 2.05. The molecule has 0 aromatic carbocycles. The number of carbonyl (C=O) groups excluding carboxylic acids is 1. The van der Waals surface area contributed by atoms with Crippen LogP contribution >= 0.6 is 0 Å². The molecule has 2 nitrogen and oxygen atoms in total. The summed E-state index contributed by atoms with van der Waals surface area (Å²) in [4.78, 5) is 8.89.